The summed E-state index contributed by atoms with van der Waals surface area (Å²) in [6.07, 6.45) is -1.38. The van der Waals surface area contributed by atoms with E-state index in [0.29, 0.717) is 13.2 Å². The van der Waals surface area contributed by atoms with Crippen LogP contribution < -0.4 is 0 Å². The van der Waals surface area contributed by atoms with Crippen molar-refractivity contribution < 1.29 is 22.4 Å². The van der Waals surface area contributed by atoms with Gasteiger partial charge in [0.2, 0.25) is 0 Å². The predicted molar refractivity (Wildman–Crippen MR) is 32.3 cm³/mol. The van der Waals surface area contributed by atoms with E-state index in [4.69, 9.17) is 9.47 Å². The van der Waals surface area contributed by atoms with Crippen molar-refractivity contribution in [1.29, 1.82) is 0 Å². The lowest BCUT2D eigenvalue weighted by atomic mass is 9.83. The van der Waals surface area contributed by atoms with E-state index < -0.39 is 25.0 Å². The molecular weight excluding hydrogens is 160 g/mol. The SMILES string of the molecule is F[B-](F)(F)C1[C@H]2OCCO[C@@H]12. The molecule has 1 unspecified atom stereocenters. The Hall–Kier alpha value is -0.225. The van der Waals surface area contributed by atoms with Crippen LogP contribution in [-0.4, -0.2) is 32.4 Å². The summed E-state index contributed by atoms with van der Waals surface area (Å²) in [5, 5.41) is 0. The lowest BCUT2D eigenvalue weighted by Gasteiger charge is -2.10. The van der Waals surface area contributed by atoms with Crippen molar-refractivity contribution in [3.63, 3.8) is 0 Å². The minimum Gasteiger partial charge on any atom is -0.449 e. The normalized spacial score (nSPS) is 43.4. The highest BCUT2D eigenvalue weighted by Gasteiger charge is 2.62. The molecule has 1 aliphatic carbocycles. The largest absolute Gasteiger partial charge is 0.486 e. The van der Waals surface area contributed by atoms with Crippen LogP contribution in [0, 0.1) is 0 Å². The molecule has 0 spiro atoms. The number of halogens is 3. The summed E-state index contributed by atoms with van der Waals surface area (Å²) in [6, 6.07) is 0. The summed E-state index contributed by atoms with van der Waals surface area (Å²) in [5.74, 6) is -1.31. The summed E-state index contributed by atoms with van der Waals surface area (Å²) < 4.78 is 45.9. The van der Waals surface area contributed by atoms with E-state index >= 15 is 0 Å². The maximum atomic E-state index is 12.0. The van der Waals surface area contributed by atoms with E-state index in [1.807, 2.05) is 0 Å². The number of rotatable bonds is 1. The Morgan fingerprint density at radius 3 is 1.82 bits per heavy atom. The van der Waals surface area contributed by atoms with Gasteiger partial charge in [-0.15, -0.1) is 0 Å². The Kier molecular flexibility index (Phi) is 1.44. The molecule has 11 heavy (non-hydrogen) atoms. The second-order valence-electron chi connectivity index (χ2n) is 2.87. The zero-order valence-electron chi connectivity index (χ0n) is 5.67. The molecule has 1 aliphatic heterocycles. The van der Waals surface area contributed by atoms with Crippen molar-refractivity contribution in [2.24, 2.45) is 0 Å². The number of hydrogen-bond donors (Lipinski definition) is 0. The standard InChI is InChI=1S/C5H7BF3O2/c7-6(8,9)3-4-5(3)11-2-1-10-4/h3-5H,1-2H2/q-1/t3?,4-,5+. The van der Waals surface area contributed by atoms with Crippen LogP contribution in [0.2, 0.25) is 5.82 Å². The van der Waals surface area contributed by atoms with E-state index in [0.717, 1.165) is 0 Å². The molecule has 0 aromatic heterocycles. The van der Waals surface area contributed by atoms with Crippen molar-refractivity contribution in [3.05, 3.63) is 0 Å². The molecule has 6 heteroatoms. The first kappa shape index (κ1) is 7.43. The van der Waals surface area contributed by atoms with Gasteiger partial charge in [0.1, 0.15) is 0 Å². The summed E-state index contributed by atoms with van der Waals surface area (Å²) in [6.45, 7) is -4.17. The molecule has 2 rings (SSSR count). The maximum Gasteiger partial charge on any atom is 0.486 e. The third-order valence-electron chi connectivity index (χ3n) is 2.08. The lowest BCUT2D eigenvalue weighted by Crippen LogP contribution is -2.18. The molecule has 0 radical (unpaired) electrons. The zero-order chi connectivity index (χ0) is 8.06. The lowest BCUT2D eigenvalue weighted by molar-refractivity contribution is -0.0376. The van der Waals surface area contributed by atoms with Gasteiger partial charge in [0.15, 0.2) is 0 Å². The molecule has 1 saturated carbocycles. The first-order chi connectivity index (χ1) is 5.11. The quantitative estimate of drug-likeness (QED) is 0.542. The molecule has 0 aromatic rings. The number of ether oxygens (including phenoxy) is 2. The molecule has 2 fully saturated rings. The van der Waals surface area contributed by atoms with Gasteiger partial charge < -0.3 is 22.4 Å². The van der Waals surface area contributed by atoms with Gasteiger partial charge in [0.05, 0.1) is 25.4 Å². The first-order valence-corrected chi connectivity index (χ1v) is 3.54. The molecule has 64 valence electrons. The molecular formula is C5H7BF3O2-. The van der Waals surface area contributed by atoms with Gasteiger partial charge in [0, 0.05) is 0 Å². The highest BCUT2D eigenvalue weighted by molar-refractivity contribution is 6.61. The second-order valence-corrected chi connectivity index (χ2v) is 2.87. The summed E-state index contributed by atoms with van der Waals surface area (Å²) in [4.78, 5) is 0. The van der Waals surface area contributed by atoms with Crippen LogP contribution in [0.3, 0.4) is 0 Å². The fourth-order valence-corrected chi connectivity index (χ4v) is 1.49. The zero-order valence-corrected chi connectivity index (χ0v) is 5.67. The van der Waals surface area contributed by atoms with E-state index in [-0.39, 0.29) is 0 Å². The van der Waals surface area contributed by atoms with Crippen LogP contribution in [0.4, 0.5) is 12.9 Å². The molecule has 0 aromatic carbocycles. The molecule has 1 heterocycles. The molecule has 2 nitrogen and oxygen atoms in total. The second kappa shape index (κ2) is 2.14. The Balaban J connectivity index is 2.00. The van der Waals surface area contributed by atoms with E-state index in [2.05, 4.69) is 0 Å². The summed E-state index contributed by atoms with van der Waals surface area (Å²) in [7, 11) is 0. The van der Waals surface area contributed by atoms with Crippen LogP contribution in [0.1, 0.15) is 0 Å². The maximum absolute atomic E-state index is 12.0. The molecule has 1 saturated heterocycles. The third-order valence-corrected chi connectivity index (χ3v) is 2.08. The number of hydrogen-bond acceptors (Lipinski definition) is 2. The van der Waals surface area contributed by atoms with Gasteiger partial charge in [-0.25, -0.2) is 0 Å². The molecule has 0 amide bonds. The smallest absolute Gasteiger partial charge is 0.449 e. The minimum absolute atomic E-state index is 0.295. The van der Waals surface area contributed by atoms with E-state index in [1.54, 1.807) is 0 Å². The fourth-order valence-electron chi connectivity index (χ4n) is 1.49. The van der Waals surface area contributed by atoms with Crippen molar-refractivity contribution in [2.75, 3.05) is 13.2 Å². The molecule has 0 bridgehead atoms. The minimum atomic E-state index is -4.76. The van der Waals surface area contributed by atoms with E-state index in [1.165, 1.54) is 0 Å². The van der Waals surface area contributed by atoms with Crippen LogP contribution >= 0.6 is 0 Å². The topological polar surface area (TPSA) is 18.5 Å². The highest BCUT2D eigenvalue weighted by Crippen LogP contribution is 2.53. The van der Waals surface area contributed by atoms with Crippen LogP contribution in [0.5, 0.6) is 0 Å². The predicted octanol–water partition coefficient (Wildman–Crippen LogP) is 1.00. The highest BCUT2D eigenvalue weighted by atomic mass is 19.4. The van der Waals surface area contributed by atoms with Gasteiger partial charge in [-0.3, -0.25) is 0 Å². The molecule has 0 N–H and O–H groups in total. The van der Waals surface area contributed by atoms with Crippen molar-refractivity contribution in [3.8, 4) is 0 Å². The van der Waals surface area contributed by atoms with Crippen molar-refractivity contribution >= 4 is 6.98 Å². The summed E-state index contributed by atoms with van der Waals surface area (Å²) in [5.41, 5.74) is 0. The Bertz CT molecular complexity index is 160. The Morgan fingerprint density at radius 2 is 1.45 bits per heavy atom. The third kappa shape index (κ3) is 1.14. The van der Waals surface area contributed by atoms with Gasteiger partial charge in [-0.1, -0.05) is 0 Å². The Morgan fingerprint density at radius 1 is 1.00 bits per heavy atom. The van der Waals surface area contributed by atoms with Gasteiger partial charge in [-0.2, -0.15) is 0 Å². The molecule has 3 atom stereocenters. The molecule has 2 aliphatic rings. The average Bonchev–Trinajstić information content (AvgIpc) is 2.58. The van der Waals surface area contributed by atoms with Crippen molar-refractivity contribution in [2.45, 2.75) is 18.0 Å². The van der Waals surface area contributed by atoms with E-state index in [9.17, 15) is 12.9 Å². The van der Waals surface area contributed by atoms with Crippen LogP contribution in [0.25, 0.3) is 0 Å². The van der Waals surface area contributed by atoms with Crippen molar-refractivity contribution in [1.82, 2.24) is 0 Å². The fraction of sp³-hybridized carbons (Fsp3) is 1.00. The number of fused-ring (bicyclic) bond motifs is 1. The van der Waals surface area contributed by atoms with Crippen LogP contribution in [0.15, 0.2) is 0 Å². The van der Waals surface area contributed by atoms with Gasteiger partial charge in [-0.05, 0) is 5.82 Å². The monoisotopic (exact) mass is 167 g/mol. The first-order valence-electron chi connectivity index (χ1n) is 3.54. The van der Waals surface area contributed by atoms with Gasteiger partial charge in [0.25, 0.3) is 0 Å². The van der Waals surface area contributed by atoms with Gasteiger partial charge >= 0.3 is 6.98 Å². The summed E-state index contributed by atoms with van der Waals surface area (Å²) >= 11 is 0. The van der Waals surface area contributed by atoms with Crippen LogP contribution in [-0.2, 0) is 9.47 Å². The Labute approximate surface area is 61.7 Å². The average molecular weight is 167 g/mol.